The summed E-state index contributed by atoms with van der Waals surface area (Å²) in [5.74, 6) is -0.0378. The summed E-state index contributed by atoms with van der Waals surface area (Å²) < 4.78 is 27.2. The maximum Gasteiger partial charge on any atom is 0.243 e. The van der Waals surface area contributed by atoms with Crippen molar-refractivity contribution in [3.63, 3.8) is 0 Å². The van der Waals surface area contributed by atoms with Crippen LogP contribution >= 0.6 is 11.8 Å². The van der Waals surface area contributed by atoms with Crippen molar-refractivity contribution in [3.05, 3.63) is 59.7 Å². The Morgan fingerprint density at radius 2 is 1.74 bits per heavy atom. The Kier molecular flexibility index (Phi) is 7.35. The minimum atomic E-state index is -3.60. The molecule has 0 unspecified atom stereocenters. The van der Waals surface area contributed by atoms with E-state index in [1.54, 1.807) is 19.1 Å². The number of aromatic nitrogens is 1. The topological polar surface area (TPSA) is 79.4 Å². The van der Waals surface area contributed by atoms with Crippen molar-refractivity contribution in [1.29, 1.82) is 0 Å². The smallest absolute Gasteiger partial charge is 0.243 e. The zero-order valence-electron chi connectivity index (χ0n) is 18.2. The fraction of sp³-hybridized carbons (Fsp3) is 0.304. The lowest BCUT2D eigenvalue weighted by Crippen LogP contribution is -2.31. The number of thioether (sulfide) groups is 1. The number of amides is 1. The van der Waals surface area contributed by atoms with Gasteiger partial charge in [-0.15, -0.1) is 0 Å². The van der Waals surface area contributed by atoms with E-state index in [1.165, 1.54) is 22.1 Å². The number of pyridine rings is 1. The summed E-state index contributed by atoms with van der Waals surface area (Å²) >= 11 is 1.35. The van der Waals surface area contributed by atoms with Gasteiger partial charge < -0.3 is 5.32 Å². The van der Waals surface area contributed by atoms with Crippen LogP contribution in [0.2, 0.25) is 0 Å². The van der Waals surface area contributed by atoms with Gasteiger partial charge in [-0.3, -0.25) is 4.79 Å². The van der Waals surface area contributed by atoms with Gasteiger partial charge in [0.2, 0.25) is 15.9 Å². The predicted molar refractivity (Wildman–Crippen MR) is 127 cm³/mol. The van der Waals surface area contributed by atoms with Gasteiger partial charge in [-0.25, -0.2) is 13.4 Å². The molecule has 0 aliphatic rings. The molecule has 1 aromatic heterocycles. The van der Waals surface area contributed by atoms with Crippen LogP contribution in [0.3, 0.4) is 0 Å². The summed E-state index contributed by atoms with van der Waals surface area (Å²) in [4.78, 5) is 17.3. The molecule has 0 fully saturated rings. The molecule has 3 aromatic rings. The third kappa shape index (κ3) is 5.26. The maximum atomic E-state index is 12.9. The van der Waals surface area contributed by atoms with Crippen LogP contribution in [0.4, 0.5) is 5.69 Å². The molecule has 0 aliphatic heterocycles. The van der Waals surface area contributed by atoms with Crippen LogP contribution in [0.1, 0.15) is 25.0 Å². The molecular weight excluding hydrogens is 430 g/mol. The Labute approximate surface area is 188 Å². The van der Waals surface area contributed by atoms with Gasteiger partial charge in [-0.05, 0) is 49.2 Å². The van der Waals surface area contributed by atoms with E-state index < -0.39 is 10.0 Å². The highest BCUT2D eigenvalue weighted by molar-refractivity contribution is 7.99. The molecule has 8 heteroatoms. The van der Waals surface area contributed by atoms with Crippen molar-refractivity contribution in [2.24, 2.45) is 0 Å². The van der Waals surface area contributed by atoms with Crippen LogP contribution in [0, 0.1) is 13.8 Å². The molecule has 3 rings (SSSR count). The van der Waals surface area contributed by atoms with Gasteiger partial charge in [0.1, 0.15) is 0 Å². The molecule has 0 saturated carbocycles. The second-order valence-corrected chi connectivity index (χ2v) is 10.1. The third-order valence-electron chi connectivity index (χ3n) is 5.05. The van der Waals surface area contributed by atoms with Crippen molar-refractivity contribution in [3.8, 4) is 0 Å². The molecule has 2 aromatic carbocycles. The van der Waals surface area contributed by atoms with Gasteiger partial charge in [-0.1, -0.05) is 49.9 Å². The Hall–Kier alpha value is -2.42. The summed E-state index contributed by atoms with van der Waals surface area (Å²) in [5, 5.41) is 4.68. The van der Waals surface area contributed by atoms with E-state index in [1.807, 2.05) is 51.1 Å². The highest BCUT2D eigenvalue weighted by Crippen LogP contribution is 2.25. The van der Waals surface area contributed by atoms with E-state index in [9.17, 15) is 13.2 Å². The van der Waals surface area contributed by atoms with Crippen LogP contribution in [0.15, 0.2) is 58.5 Å². The first-order valence-corrected chi connectivity index (χ1v) is 12.6. The summed E-state index contributed by atoms with van der Waals surface area (Å²) in [5.41, 5.74) is 3.12. The molecule has 0 atom stereocenters. The number of para-hydroxylation sites is 1. The largest absolute Gasteiger partial charge is 0.325 e. The SMILES string of the molecule is CCN(CC)S(=O)(=O)c1cc(NC(=O)CSc2cc(C)c3ccccc3n2)ccc1C. The number of aryl methyl sites for hydroxylation is 2. The summed E-state index contributed by atoms with van der Waals surface area (Å²) in [6, 6.07) is 14.8. The zero-order chi connectivity index (χ0) is 22.6. The molecule has 164 valence electrons. The van der Waals surface area contributed by atoms with Gasteiger partial charge >= 0.3 is 0 Å². The number of carbonyl (C=O) groups excluding carboxylic acids is 1. The number of nitrogens with zero attached hydrogens (tertiary/aromatic N) is 2. The van der Waals surface area contributed by atoms with E-state index in [0.29, 0.717) is 24.3 Å². The number of sulfonamides is 1. The van der Waals surface area contributed by atoms with E-state index in [4.69, 9.17) is 0 Å². The number of rotatable bonds is 8. The average molecular weight is 458 g/mol. The second kappa shape index (κ2) is 9.80. The Balaban J connectivity index is 1.73. The standard InChI is InChI=1S/C23H27N3O3S2/c1-5-26(6-2)31(28,29)21-14-18(12-11-16(21)3)24-22(27)15-30-23-13-17(4)19-9-7-8-10-20(19)25-23/h7-14H,5-6,15H2,1-4H3,(H,24,27). The van der Waals surface area contributed by atoms with Crippen molar-refractivity contribution >= 4 is 44.3 Å². The first-order valence-electron chi connectivity index (χ1n) is 10.2. The monoisotopic (exact) mass is 457 g/mol. The van der Waals surface area contributed by atoms with Gasteiger partial charge in [0.25, 0.3) is 0 Å². The fourth-order valence-electron chi connectivity index (χ4n) is 3.39. The number of carbonyl (C=O) groups is 1. The summed E-state index contributed by atoms with van der Waals surface area (Å²) in [7, 11) is -3.60. The molecule has 0 saturated heterocycles. The van der Waals surface area contributed by atoms with Crippen molar-refractivity contribution < 1.29 is 13.2 Å². The van der Waals surface area contributed by atoms with Crippen molar-refractivity contribution in [2.75, 3.05) is 24.2 Å². The van der Waals surface area contributed by atoms with E-state index in [-0.39, 0.29) is 16.6 Å². The van der Waals surface area contributed by atoms with E-state index in [2.05, 4.69) is 10.3 Å². The van der Waals surface area contributed by atoms with Crippen LogP contribution < -0.4 is 5.32 Å². The van der Waals surface area contributed by atoms with E-state index in [0.717, 1.165) is 21.5 Å². The summed E-state index contributed by atoms with van der Waals surface area (Å²) in [6.07, 6.45) is 0. The second-order valence-electron chi connectivity index (χ2n) is 7.20. The predicted octanol–water partition coefficient (Wildman–Crippen LogP) is 4.61. The number of anilines is 1. The number of fused-ring (bicyclic) bond motifs is 1. The summed E-state index contributed by atoms with van der Waals surface area (Å²) in [6.45, 7) is 8.18. The molecular formula is C23H27N3O3S2. The van der Waals surface area contributed by atoms with Crippen LogP contribution in [0.25, 0.3) is 10.9 Å². The molecule has 1 N–H and O–H groups in total. The van der Waals surface area contributed by atoms with Crippen LogP contribution in [0.5, 0.6) is 0 Å². The molecule has 31 heavy (non-hydrogen) atoms. The first kappa shape index (κ1) is 23.2. The lowest BCUT2D eigenvalue weighted by molar-refractivity contribution is -0.113. The number of benzene rings is 2. The normalized spacial score (nSPS) is 11.8. The number of hydrogen-bond donors (Lipinski definition) is 1. The van der Waals surface area contributed by atoms with Crippen LogP contribution in [-0.2, 0) is 14.8 Å². The average Bonchev–Trinajstić information content (AvgIpc) is 2.74. The fourth-order valence-corrected chi connectivity index (χ4v) is 5.87. The van der Waals surface area contributed by atoms with Gasteiger partial charge in [-0.2, -0.15) is 4.31 Å². The van der Waals surface area contributed by atoms with Crippen molar-refractivity contribution in [2.45, 2.75) is 37.6 Å². The third-order valence-corrected chi connectivity index (χ3v) is 8.15. The van der Waals surface area contributed by atoms with Gasteiger partial charge in [0.05, 0.1) is 21.2 Å². The van der Waals surface area contributed by atoms with Crippen molar-refractivity contribution in [1.82, 2.24) is 9.29 Å². The minimum absolute atomic E-state index is 0.177. The maximum absolute atomic E-state index is 12.9. The quantitative estimate of drug-likeness (QED) is 0.500. The Morgan fingerprint density at radius 3 is 2.45 bits per heavy atom. The first-order chi connectivity index (χ1) is 14.8. The van der Waals surface area contributed by atoms with Crippen LogP contribution in [-0.4, -0.2) is 42.5 Å². The number of nitrogens with one attached hydrogen (secondary N) is 1. The van der Waals surface area contributed by atoms with E-state index >= 15 is 0 Å². The lowest BCUT2D eigenvalue weighted by Gasteiger charge is -2.20. The lowest BCUT2D eigenvalue weighted by atomic mass is 10.1. The highest BCUT2D eigenvalue weighted by atomic mass is 32.2. The van der Waals surface area contributed by atoms with Gasteiger partial charge in [0, 0.05) is 24.2 Å². The Morgan fingerprint density at radius 1 is 1.03 bits per heavy atom. The molecule has 0 spiro atoms. The number of hydrogen-bond acceptors (Lipinski definition) is 5. The molecule has 0 bridgehead atoms. The zero-order valence-corrected chi connectivity index (χ0v) is 19.8. The molecule has 1 heterocycles. The highest BCUT2D eigenvalue weighted by Gasteiger charge is 2.24. The Bertz CT molecular complexity index is 1210. The minimum Gasteiger partial charge on any atom is -0.325 e. The molecule has 6 nitrogen and oxygen atoms in total. The molecule has 1 amide bonds. The van der Waals surface area contributed by atoms with Gasteiger partial charge in [0.15, 0.2) is 0 Å². The molecule has 0 aliphatic carbocycles. The molecule has 0 radical (unpaired) electrons.